The summed E-state index contributed by atoms with van der Waals surface area (Å²) in [4.78, 5) is 32.4. The van der Waals surface area contributed by atoms with E-state index in [9.17, 15) is 35.9 Å². The lowest BCUT2D eigenvalue weighted by atomic mass is 9.77. The first-order valence-corrected chi connectivity index (χ1v) is 14.1. The lowest BCUT2D eigenvalue weighted by molar-refractivity contribution is -0.143. The number of methoxy groups -OCH3 is 1. The molecule has 2 heterocycles. The average Bonchev–Trinajstić information content (AvgIpc) is 3.25. The zero-order valence-corrected chi connectivity index (χ0v) is 24.7. The molecule has 44 heavy (non-hydrogen) atoms. The number of rotatable bonds is 8. The Kier molecular flexibility index (Phi) is 9.14. The van der Waals surface area contributed by atoms with Crippen molar-refractivity contribution in [1.82, 2.24) is 14.7 Å². The Bertz CT molecular complexity index is 1380. The Labute approximate surface area is 252 Å². The molecule has 0 N–H and O–H groups in total. The van der Waals surface area contributed by atoms with E-state index in [2.05, 4.69) is 13.2 Å². The average molecular weight is 624 g/mol. The molecule has 2 aromatic rings. The van der Waals surface area contributed by atoms with E-state index in [4.69, 9.17) is 4.74 Å². The third-order valence-electron chi connectivity index (χ3n) is 8.75. The van der Waals surface area contributed by atoms with Crippen LogP contribution in [0.4, 0.5) is 31.1 Å². The molecule has 0 radical (unpaired) electrons. The van der Waals surface area contributed by atoms with Gasteiger partial charge in [-0.3, -0.25) is 4.79 Å². The minimum atomic E-state index is -5.03. The summed E-state index contributed by atoms with van der Waals surface area (Å²) in [6.07, 6.45) is -5.53. The normalized spacial score (nSPS) is 20.6. The second-order valence-electron chi connectivity index (χ2n) is 11.3. The molecule has 2 aromatic carbocycles. The molecule has 0 spiro atoms. The second-order valence-corrected chi connectivity index (χ2v) is 11.3. The van der Waals surface area contributed by atoms with E-state index in [1.54, 1.807) is 41.3 Å². The van der Waals surface area contributed by atoms with Crippen LogP contribution < -0.4 is 4.74 Å². The van der Waals surface area contributed by atoms with Gasteiger partial charge in [-0.15, -0.1) is 13.2 Å². The Balaban J connectivity index is 1.77. The first kappa shape index (κ1) is 32.9. The number of benzene rings is 2. The van der Waals surface area contributed by atoms with Gasteiger partial charge in [0.2, 0.25) is 5.91 Å². The van der Waals surface area contributed by atoms with Gasteiger partial charge in [0.1, 0.15) is 5.75 Å². The number of halogens is 6. The van der Waals surface area contributed by atoms with Crippen molar-refractivity contribution in [2.75, 3.05) is 27.2 Å². The van der Waals surface area contributed by atoms with E-state index in [-0.39, 0.29) is 30.6 Å². The van der Waals surface area contributed by atoms with Gasteiger partial charge in [-0.05, 0) is 56.0 Å². The number of ether oxygens (including phenoxy) is 1. The highest BCUT2D eigenvalue weighted by Crippen LogP contribution is 2.50. The fourth-order valence-corrected chi connectivity index (χ4v) is 6.45. The molecule has 0 saturated carbocycles. The topological polar surface area (TPSA) is 53.1 Å². The molecule has 0 bridgehead atoms. The zero-order valence-electron chi connectivity index (χ0n) is 24.7. The van der Waals surface area contributed by atoms with Gasteiger partial charge in [-0.1, -0.05) is 30.4 Å². The zero-order chi connectivity index (χ0) is 32.6. The van der Waals surface area contributed by atoms with Crippen molar-refractivity contribution in [3.63, 3.8) is 0 Å². The van der Waals surface area contributed by atoms with Crippen LogP contribution in [0.5, 0.6) is 5.75 Å². The van der Waals surface area contributed by atoms with Crippen LogP contribution in [0.25, 0.3) is 0 Å². The van der Waals surface area contributed by atoms with Crippen molar-refractivity contribution < 1.29 is 40.7 Å². The molecule has 0 unspecified atom stereocenters. The van der Waals surface area contributed by atoms with Crippen LogP contribution in [-0.2, 0) is 17.1 Å². The molecule has 4 rings (SSSR count). The molecule has 0 aliphatic carbocycles. The number of hydrogen-bond donors (Lipinski definition) is 0. The summed E-state index contributed by atoms with van der Waals surface area (Å²) < 4.78 is 87.1. The van der Waals surface area contributed by atoms with E-state index < -0.39 is 53.1 Å². The quantitative estimate of drug-likeness (QED) is 0.224. The van der Waals surface area contributed by atoms with Gasteiger partial charge in [-0.2, -0.15) is 26.3 Å². The molecule has 2 aliphatic rings. The van der Waals surface area contributed by atoms with Crippen LogP contribution >= 0.6 is 0 Å². The number of piperazine rings is 1. The largest absolute Gasteiger partial charge is 0.496 e. The van der Waals surface area contributed by atoms with Gasteiger partial charge >= 0.3 is 18.4 Å². The van der Waals surface area contributed by atoms with Gasteiger partial charge in [-0.25, -0.2) is 4.79 Å². The molecule has 3 amide bonds. The standard InChI is InChI=1S/C32H35F6N3O3/c1-6-12-30(13-7-2)19-25-27(24-10-8-9-11-26(24)44-5)41(15-14-40(25)28(30)42)29(43)39(4)20(3)21-16-22(31(33,34)35)18-23(17-21)32(36,37)38/h6-11,16-18,20,25,27H,1-2,12-15,19H2,3-5H3/t20-,25+,27+/m1/s1. The van der Waals surface area contributed by atoms with Gasteiger partial charge in [0.15, 0.2) is 0 Å². The molecule has 2 fully saturated rings. The van der Waals surface area contributed by atoms with Crippen LogP contribution in [0.15, 0.2) is 67.8 Å². The van der Waals surface area contributed by atoms with Gasteiger partial charge < -0.3 is 19.4 Å². The molecular weight excluding hydrogens is 588 g/mol. The summed E-state index contributed by atoms with van der Waals surface area (Å²) >= 11 is 0. The minimum absolute atomic E-state index is 0.0604. The predicted molar refractivity (Wildman–Crippen MR) is 153 cm³/mol. The van der Waals surface area contributed by atoms with Crippen molar-refractivity contribution in [3.8, 4) is 5.75 Å². The first-order chi connectivity index (χ1) is 20.6. The van der Waals surface area contributed by atoms with Crippen molar-refractivity contribution in [2.45, 2.75) is 56.7 Å². The molecule has 3 atom stereocenters. The molecular formula is C32H35F6N3O3. The number of nitrogens with zero attached hydrogens (tertiary/aromatic N) is 3. The monoisotopic (exact) mass is 623 g/mol. The van der Waals surface area contributed by atoms with Gasteiger partial charge in [0, 0.05) is 25.7 Å². The van der Waals surface area contributed by atoms with Crippen LogP contribution in [0, 0.1) is 5.41 Å². The number of fused-ring (bicyclic) bond motifs is 1. The maximum Gasteiger partial charge on any atom is 0.416 e. The maximum atomic E-state index is 14.2. The van der Waals surface area contributed by atoms with Crippen molar-refractivity contribution >= 4 is 11.9 Å². The Morgan fingerprint density at radius 2 is 1.61 bits per heavy atom. The third-order valence-corrected chi connectivity index (χ3v) is 8.75. The summed E-state index contributed by atoms with van der Waals surface area (Å²) in [5.41, 5.74) is -3.42. The molecule has 12 heteroatoms. The fraction of sp³-hybridized carbons (Fsp3) is 0.438. The molecule has 2 saturated heterocycles. The van der Waals surface area contributed by atoms with E-state index in [1.165, 1.54) is 26.0 Å². The lowest BCUT2D eigenvalue weighted by Crippen LogP contribution is -2.57. The summed E-state index contributed by atoms with van der Waals surface area (Å²) in [6.45, 7) is 9.31. The predicted octanol–water partition coefficient (Wildman–Crippen LogP) is 7.64. The number of amides is 3. The van der Waals surface area contributed by atoms with E-state index in [1.807, 2.05) is 0 Å². The minimum Gasteiger partial charge on any atom is -0.496 e. The highest BCUT2D eigenvalue weighted by Gasteiger charge is 2.56. The van der Waals surface area contributed by atoms with Crippen LogP contribution in [-0.4, -0.2) is 59.9 Å². The number of hydrogen-bond acceptors (Lipinski definition) is 3. The molecule has 238 valence electrons. The molecule has 6 nitrogen and oxygen atoms in total. The Morgan fingerprint density at radius 1 is 1.05 bits per heavy atom. The highest BCUT2D eigenvalue weighted by molar-refractivity contribution is 5.87. The number of allylic oxidation sites excluding steroid dienone is 2. The SMILES string of the molecule is C=CCC1(CC=C)C[C@H]2[C@H](c3ccccc3OC)N(C(=O)N(C)[C@H](C)c3cc(C(F)(F)F)cc(C(F)(F)F)c3)CCN2C1=O. The summed E-state index contributed by atoms with van der Waals surface area (Å²) in [5, 5.41) is 0. The fourth-order valence-electron chi connectivity index (χ4n) is 6.45. The van der Waals surface area contributed by atoms with E-state index in [0.717, 1.165) is 4.90 Å². The smallest absolute Gasteiger partial charge is 0.416 e. The Hall–Kier alpha value is -3.96. The van der Waals surface area contributed by atoms with Crippen LogP contribution in [0.2, 0.25) is 0 Å². The van der Waals surface area contributed by atoms with Gasteiger partial charge in [0.25, 0.3) is 0 Å². The molecule has 2 aliphatic heterocycles. The van der Waals surface area contributed by atoms with Crippen molar-refractivity contribution in [3.05, 3.63) is 90.0 Å². The maximum absolute atomic E-state index is 14.2. The number of urea groups is 1. The number of carbonyl (C=O) groups excluding carboxylic acids is 2. The second kappa shape index (κ2) is 12.2. The summed E-state index contributed by atoms with van der Waals surface area (Å²) in [5.74, 6) is 0.387. The van der Waals surface area contributed by atoms with Crippen LogP contribution in [0.3, 0.4) is 0 Å². The highest BCUT2D eigenvalue weighted by atomic mass is 19.4. The number of alkyl halides is 6. The Morgan fingerprint density at radius 3 is 2.14 bits per heavy atom. The number of carbonyl (C=O) groups is 2. The first-order valence-electron chi connectivity index (χ1n) is 14.1. The molecule has 0 aromatic heterocycles. The van der Waals surface area contributed by atoms with Crippen molar-refractivity contribution in [1.29, 1.82) is 0 Å². The van der Waals surface area contributed by atoms with Crippen LogP contribution in [0.1, 0.15) is 60.5 Å². The van der Waals surface area contributed by atoms with E-state index in [0.29, 0.717) is 42.7 Å². The van der Waals surface area contributed by atoms with E-state index >= 15 is 0 Å². The summed E-state index contributed by atoms with van der Waals surface area (Å²) in [7, 11) is 2.82. The lowest BCUT2D eigenvalue weighted by Gasteiger charge is -2.46. The third kappa shape index (κ3) is 6.03. The number of para-hydroxylation sites is 1. The summed E-state index contributed by atoms with van der Waals surface area (Å²) in [6, 6.07) is 5.39. The van der Waals surface area contributed by atoms with Gasteiger partial charge in [0.05, 0.1) is 41.8 Å². The van der Waals surface area contributed by atoms with Crippen molar-refractivity contribution in [2.24, 2.45) is 5.41 Å².